The molecule has 0 aliphatic carbocycles. The van der Waals surface area contributed by atoms with Gasteiger partial charge >= 0.3 is 6.85 Å². The summed E-state index contributed by atoms with van der Waals surface area (Å²) in [6, 6.07) is 52.7. The third-order valence-corrected chi connectivity index (χ3v) is 12.6. The van der Waals surface area contributed by atoms with Gasteiger partial charge in [-0.3, -0.25) is 0 Å². The van der Waals surface area contributed by atoms with Gasteiger partial charge in [0.05, 0.1) is 0 Å². The Hall–Kier alpha value is -6.82. The van der Waals surface area contributed by atoms with E-state index >= 15 is 0 Å². The largest absolute Gasteiger partial charge is 0.509 e. The van der Waals surface area contributed by atoms with Crippen LogP contribution in [0.3, 0.4) is 0 Å². The van der Waals surface area contributed by atoms with E-state index in [1.165, 1.54) is 44.4 Å². The summed E-state index contributed by atoms with van der Waals surface area (Å²) in [5, 5.41) is 2.23. The van der Waals surface area contributed by atoms with Gasteiger partial charge in [-0.1, -0.05) is 127 Å². The molecular formula is C58H49BN5OPt-3. The minimum Gasteiger partial charge on any atom is -0.509 e. The van der Waals surface area contributed by atoms with Crippen molar-refractivity contribution < 1.29 is 25.8 Å². The van der Waals surface area contributed by atoms with Crippen LogP contribution in [0, 0.1) is 46.5 Å². The smallest absolute Gasteiger partial charge is 0.322 e. The number of fused-ring (bicyclic) bond motifs is 5. The van der Waals surface area contributed by atoms with Gasteiger partial charge in [0.1, 0.15) is 5.82 Å². The third kappa shape index (κ3) is 7.69. The molecular weight excluding hydrogens is 989 g/mol. The van der Waals surface area contributed by atoms with Crippen molar-refractivity contribution in [3.63, 3.8) is 0 Å². The quantitative estimate of drug-likeness (QED) is 0.117. The maximum Gasteiger partial charge on any atom is 0.322 e. The molecule has 0 radical (unpaired) electrons. The molecule has 11 rings (SSSR count). The van der Waals surface area contributed by atoms with Gasteiger partial charge in [-0.15, -0.1) is 48.1 Å². The van der Waals surface area contributed by atoms with Gasteiger partial charge < -0.3 is 23.9 Å². The van der Waals surface area contributed by atoms with Crippen LogP contribution in [0.15, 0.2) is 170 Å². The molecule has 0 bridgehead atoms. The molecule has 3 aliphatic rings. The topological polar surface area (TPSA) is 36.8 Å². The van der Waals surface area contributed by atoms with Crippen LogP contribution >= 0.6 is 0 Å². The summed E-state index contributed by atoms with van der Waals surface area (Å²) in [5.74, 6) is 4.36. The molecule has 8 heteroatoms. The Morgan fingerprint density at radius 1 is 0.652 bits per heavy atom. The number of aromatic nitrogens is 2. The fraction of sp³-hybridized carbons (Fsp3) is 0.138. The van der Waals surface area contributed by atoms with Gasteiger partial charge in [0.15, 0.2) is 0 Å². The van der Waals surface area contributed by atoms with Crippen LogP contribution in [-0.4, -0.2) is 21.2 Å². The van der Waals surface area contributed by atoms with Crippen LogP contribution in [0.4, 0.5) is 17.1 Å². The predicted octanol–water partition coefficient (Wildman–Crippen LogP) is 14.1. The second-order valence-electron chi connectivity index (χ2n) is 18.6. The van der Waals surface area contributed by atoms with Crippen LogP contribution in [0.25, 0.3) is 38.7 Å². The molecule has 0 amide bonds. The zero-order valence-corrected chi connectivity index (χ0v) is 40.5. The average Bonchev–Trinajstić information content (AvgIpc) is 3.83. The van der Waals surface area contributed by atoms with E-state index in [9.17, 15) is 0 Å². The van der Waals surface area contributed by atoms with E-state index in [0.717, 1.165) is 56.0 Å². The number of anilines is 3. The van der Waals surface area contributed by atoms with E-state index in [1.54, 1.807) is 0 Å². The molecule has 5 heterocycles. The Labute approximate surface area is 403 Å². The van der Waals surface area contributed by atoms with Crippen molar-refractivity contribution in [2.24, 2.45) is 0 Å². The van der Waals surface area contributed by atoms with E-state index in [4.69, 9.17) is 9.72 Å². The van der Waals surface area contributed by atoms with E-state index in [0.29, 0.717) is 11.5 Å². The normalized spacial score (nSPS) is 14.5. The molecule has 328 valence electrons. The van der Waals surface area contributed by atoms with Crippen LogP contribution < -0.4 is 14.5 Å². The molecule has 0 saturated heterocycles. The van der Waals surface area contributed by atoms with E-state index in [2.05, 4.69) is 226 Å². The number of aryl methyl sites for hydroxylation is 4. The van der Waals surface area contributed by atoms with Crippen molar-refractivity contribution >= 4 is 56.8 Å². The van der Waals surface area contributed by atoms with Crippen LogP contribution in [0.5, 0.6) is 11.5 Å². The molecule has 0 spiro atoms. The second-order valence-corrected chi connectivity index (χ2v) is 18.6. The van der Waals surface area contributed by atoms with Gasteiger partial charge in [0.25, 0.3) is 0 Å². The maximum atomic E-state index is 6.70. The molecule has 66 heavy (non-hydrogen) atoms. The fourth-order valence-electron chi connectivity index (χ4n) is 9.83. The second kappa shape index (κ2) is 16.9. The molecule has 6 nitrogen and oxygen atoms in total. The molecule has 3 aliphatic heterocycles. The molecule has 6 aromatic carbocycles. The Kier molecular flexibility index (Phi) is 11.0. The zero-order chi connectivity index (χ0) is 44.6. The minimum atomic E-state index is -0.0277. The number of hydrogen-bond acceptors (Lipinski definition) is 5. The summed E-state index contributed by atoms with van der Waals surface area (Å²) < 4.78 is 8.90. The summed E-state index contributed by atoms with van der Waals surface area (Å²) in [4.78, 5) is 11.8. The first-order chi connectivity index (χ1) is 31.5. The molecule has 0 saturated carbocycles. The maximum absolute atomic E-state index is 6.70. The van der Waals surface area contributed by atoms with Crippen LogP contribution in [0.1, 0.15) is 59.7 Å². The molecule has 0 atom stereocenters. The molecule has 0 fully saturated rings. The van der Waals surface area contributed by atoms with Gasteiger partial charge in [-0.05, 0) is 103 Å². The summed E-state index contributed by atoms with van der Waals surface area (Å²) in [5.41, 5.74) is 17.0. The summed E-state index contributed by atoms with van der Waals surface area (Å²) in [6.45, 7) is 17.7. The zero-order valence-electron chi connectivity index (χ0n) is 38.2. The van der Waals surface area contributed by atoms with Gasteiger partial charge in [-0.2, -0.15) is 12.1 Å². The van der Waals surface area contributed by atoms with Gasteiger partial charge in [-0.25, -0.2) is 4.98 Å². The van der Waals surface area contributed by atoms with Crippen LogP contribution in [0.2, 0.25) is 0 Å². The average molecular weight is 1040 g/mol. The SMILES string of the molecule is Cc1cc(C)cc(C2=CN3C=CC=CB3C(c3cc(C)cc(C)c3)=C2N2[CH-]N(c3[c-]c(Oc4[c-]c5c(cc4)c4ccccc4n5-c4cc(C(C)(C)C)ccn4)ccc3)c3ccccc32)c1.[Pt]. The number of allylic oxidation sites excluding steroid dienone is 3. The first kappa shape index (κ1) is 43.1. The Morgan fingerprint density at radius 2 is 1.33 bits per heavy atom. The van der Waals surface area contributed by atoms with Crippen LogP contribution in [-0.2, 0) is 26.5 Å². The fourth-order valence-corrected chi connectivity index (χ4v) is 9.83. The van der Waals surface area contributed by atoms with Crippen molar-refractivity contribution in [2.75, 3.05) is 9.80 Å². The van der Waals surface area contributed by atoms with E-state index < -0.39 is 0 Å². The number of hydrogen-bond donors (Lipinski definition) is 0. The summed E-state index contributed by atoms with van der Waals surface area (Å²) >= 11 is 0. The number of pyridine rings is 1. The molecule has 2 aromatic heterocycles. The number of benzene rings is 6. The summed E-state index contributed by atoms with van der Waals surface area (Å²) in [7, 11) is 0. The predicted molar refractivity (Wildman–Crippen MR) is 269 cm³/mol. The van der Waals surface area contributed by atoms with Gasteiger partial charge in [0.2, 0.25) is 0 Å². The number of rotatable bonds is 7. The Morgan fingerprint density at radius 3 is 2.08 bits per heavy atom. The molecule has 0 unspecified atom stereocenters. The van der Waals surface area contributed by atoms with E-state index in [1.807, 2.05) is 24.4 Å². The first-order valence-electron chi connectivity index (χ1n) is 22.4. The van der Waals surface area contributed by atoms with Crippen molar-refractivity contribution in [3.05, 3.63) is 228 Å². The number of para-hydroxylation sites is 3. The third-order valence-electron chi connectivity index (χ3n) is 12.6. The standard InChI is InChI=1S/C58H49BN5O.Pt/c1-38-27-39(2)30-42(29-38)50-36-61-26-13-12-24-59(61)56(43-31-40(3)28-41(4)32-43)57(50)63-37-62(52-19-10-11-20-53(52)63)45-15-14-16-46(34-45)65-47-21-22-49-48-17-8-9-18-51(48)64(54(49)35-47)55-33-44(23-25-60-55)58(5,6)7;/h8-33,36-37H,1-7H3;/q-3;. The molecule has 0 N–H and O–H groups in total. The van der Waals surface area contributed by atoms with Crippen molar-refractivity contribution in [3.8, 4) is 17.3 Å². The van der Waals surface area contributed by atoms with E-state index in [-0.39, 0.29) is 33.3 Å². The monoisotopic (exact) mass is 1040 g/mol. The van der Waals surface area contributed by atoms with Gasteiger partial charge in [0, 0.05) is 73.1 Å². The van der Waals surface area contributed by atoms with Crippen molar-refractivity contribution in [1.29, 1.82) is 0 Å². The van der Waals surface area contributed by atoms with Crippen molar-refractivity contribution in [2.45, 2.75) is 53.9 Å². The number of ether oxygens (including phenoxy) is 1. The van der Waals surface area contributed by atoms with Crippen molar-refractivity contribution in [1.82, 2.24) is 14.4 Å². The minimum absolute atomic E-state index is 0. The first-order valence-corrected chi connectivity index (χ1v) is 22.4. The summed E-state index contributed by atoms with van der Waals surface area (Å²) in [6.07, 6.45) is 10.7. The molecule has 8 aromatic rings. The Balaban J connectivity index is 0.00000511. The number of nitrogens with zero attached hydrogens (tertiary/aromatic N) is 5. The Bertz CT molecular complexity index is 3310.